The highest BCUT2D eigenvalue weighted by Crippen LogP contribution is 2.19. The summed E-state index contributed by atoms with van der Waals surface area (Å²) in [6, 6.07) is 15.2. The third-order valence-corrected chi connectivity index (χ3v) is 6.58. The number of nitrogens with zero attached hydrogens (tertiary/aromatic N) is 4. The maximum absolute atomic E-state index is 12.7. The van der Waals surface area contributed by atoms with Crippen LogP contribution < -0.4 is 5.32 Å². The fourth-order valence-electron chi connectivity index (χ4n) is 3.00. The van der Waals surface area contributed by atoms with Crippen LogP contribution in [0.5, 0.6) is 0 Å². The number of nitrogens with one attached hydrogen (secondary N) is 1. The predicted molar refractivity (Wildman–Crippen MR) is 112 cm³/mol. The van der Waals surface area contributed by atoms with E-state index in [-0.39, 0.29) is 29.2 Å². The molecule has 10 nitrogen and oxygen atoms in total. The fraction of sp³-hybridized carbons (Fsp3) is 0.200. The molecule has 1 fully saturated rings. The van der Waals surface area contributed by atoms with E-state index in [4.69, 9.17) is 0 Å². The average Bonchev–Trinajstić information content (AvgIpc) is 2.78. The molecule has 1 aliphatic rings. The first kappa shape index (κ1) is 21.9. The van der Waals surface area contributed by atoms with E-state index in [1.165, 1.54) is 46.9 Å². The first-order chi connectivity index (χ1) is 14.8. The molecule has 1 heterocycles. The number of sulfonamides is 1. The van der Waals surface area contributed by atoms with Gasteiger partial charge in [0.1, 0.15) is 11.6 Å². The number of nitro benzene ring substituents is 1. The van der Waals surface area contributed by atoms with E-state index >= 15 is 0 Å². The molecule has 160 valence electrons. The Hall–Kier alpha value is -3.75. The lowest BCUT2D eigenvalue weighted by molar-refractivity contribution is -0.384. The number of rotatable bonds is 6. The maximum atomic E-state index is 12.7. The Morgan fingerprint density at radius 1 is 1.06 bits per heavy atom. The SMILES string of the molecule is N#C/C(=C/N1CCN(S(=O)(=O)c2ccccc2)CC1)C(=O)Nc1ccc([N+](=O)[O-])cc1. The lowest BCUT2D eigenvalue weighted by Crippen LogP contribution is -2.46. The van der Waals surface area contributed by atoms with Crippen LogP contribution in [0.25, 0.3) is 0 Å². The maximum Gasteiger partial charge on any atom is 0.269 e. The van der Waals surface area contributed by atoms with Gasteiger partial charge in [-0.15, -0.1) is 0 Å². The van der Waals surface area contributed by atoms with Crippen molar-refractivity contribution in [3.63, 3.8) is 0 Å². The van der Waals surface area contributed by atoms with E-state index in [2.05, 4.69) is 5.32 Å². The standard InChI is InChI=1S/C20H19N5O5S/c21-14-16(20(26)22-17-6-8-18(9-7-17)25(27)28)15-23-10-12-24(13-11-23)31(29,30)19-4-2-1-3-5-19/h1-9,15H,10-13H2,(H,22,26)/b16-15-. The van der Waals surface area contributed by atoms with Gasteiger partial charge in [-0.3, -0.25) is 14.9 Å². The molecule has 1 saturated heterocycles. The van der Waals surface area contributed by atoms with Crippen LogP contribution in [0.4, 0.5) is 11.4 Å². The van der Waals surface area contributed by atoms with Crippen molar-refractivity contribution in [2.24, 2.45) is 0 Å². The number of hydrogen-bond acceptors (Lipinski definition) is 7. The lowest BCUT2D eigenvalue weighted by Gasteiger charge is -2.33. The minimum atomic E-state index is -3.59. The summed E-state index contributed by atoms with van der Waals surface area (Å²) in [5, 5.41) is 22.6. The second-order valence-corrected chi connectivity index (χ2v) is 8.60. The summed E-state index contributed by atoms with van der Waals surface area (Å²) in [7, 11) is -3.59. The number of carbonyl (C=O) groups excluding carboxylic acids is 1. The Morgan fingerprint density at radius 3 is 2.23 bits per heavy atom. The zero-order valence-corrected chi connectivity index (χ0v) is 17.2. The molecule has 0 bridgehead atoms. The van der Waals surface area contributed by atoms with Crippen molar-refractivity contribution in [1.82, 2.24) is 9.21 Å². The third-order valence-electron chi connectivity index (χ3n) is 4.67. The second-order valence-electron chi connectivity index (χ2n) is 6.67. The molecule has 1 amide bonds. The number of carbonyl (C=O) groups is 1. The zero-order valence-electron chi connectivity index (χ0n) is 16.3. The van der Waals surface area contributed by atoms with Crippen molar-refractivity contribution in [2.75, 3.05) is 31.5 Å². The van der Waals surface area contributed by atoms with Crippen molar-refractivity contribution < 1.29 is 18.1 Å². The molecule has 0 spiro atoms. The van der Waals surface area contributed by atoms with E-state index < -0.39 is 20.9 Å². The van der Waals surface area contributed by atoms with Gasteiger partial charge in [0.15, 0.2) is 0 Å². The molecule has 0 unspecified atom stereocenters. The fourth-order valence-corrected chi connectivity index (χ4v) is 4.44. The summed E-state index contributed by atoms with van der Waals surface area (Å²) in [5.74, 6) is -0.657. The van der Waals surface area contributed by atoms with Crippen LogP contribution in [0.2, 0.25) is 0 Å². The van der Waals surface area contributed by atoms with E-state index in [1.54, 1.807) is 23.1 Å². The second kappa shape index (κ2) is 9.38. The highest BCUT2D eigenvalue weighted by molar-refractivity contribution is 7.89. The lowest BCUT2D eigenvalue weighted by atomic mass is 10.2. The topological polar surface area (TPSA) is 137 Å². The summed E-state index contributed by atoms with van der Waals surface area (Å²) in [6.07, 6.45) is 1.40. The van der Waals surface area contributed by atoms with E-state index in [1.807, 2.05) is 6.07 Å². The number of amides is 1. The van der Waals surface area contributed by atoms with Gasteiger partial charge in [0, 0.05) is 50.2 Å². The summed E-state index contributed by atoms with van der Waals surface area (Å²) < 4.78 is 26.7. The van der Waals surface area contributed by atoms with Crippen LogP contribution in [0.3, 0.4) is 0 Å². The average molecular weight is 441 g/mol. The molecule has 1 N–H and O–H groups in total. The molecule has 0 aliphatic carbocycles. The third kappa shape index (κ3) is 5.25. The van der Waals surface area contributed by atoms with Crippen LogP contribution >= 0.6 is 0 Å². The van der Waals surface area contributed by atoms with Crippen molar-refractivity contribution >= 4 is 27.3 Å². The highest BCUT2D eigenvalue weighted by atomic mass is 32.2. The first-order valence-electron chi connectivity index (χ1n) is 9.28. The Kier molecular flexibility index (Phi) is 6.64. The molecule has 0 atom stereocenters. The smallest absolute Gasteiger partial charge is 0.269 e. The number of non-ortho nitro benzene ring substituents is 1. The molecule has 2 aromatic carbocycles. The van der Waals surface area contributed by atoms with Crippen LogP contribution in [0.1, 0.15) is 0 Å². The van der Waals surface area contributed by atoms with Gasteiger partial charge in [0.2, 0.25) is 10.0 Å². The summed E-state index contributed by atoms with van der Waals surface area (Å²) in [4.78, 5) is 24.5. The van der Waals surface area contributed by atoms with Gasteiger partial charge in [-0.25, -0.2) is 8.42 Å². The van der Waals surface area contributed by atoms with E-state index in [9.17, 15) is 28.6 Å². The van der Waals surface area contributed by atoms with Crippen LogP contribution in [-0.4, -0.2) is 54.6 Å². The van der Waals surface area contributed by atoms with Crippen molar-refractivity contribution in [3.8, 4) is 6.07 Å². The van der Waals surface area contributed by atoms with E-state index in [0.29, 0.717) is 18.8 Å². The Labute approximate surface area is 179 Å². The van der Waals surface area contributed by atoms with Gasteiger partial charge in [0.25, 0.3) is 11.6 Å². The molecule has 1 aliphatic heterocycles. The van der Waals surface area contributed by atoms with Gasteiger partial charge in [-0.1, -0.05) is 18.2 Å². The van der Waals surface area contributed by atoms with Crippen LogP contribution in [0, 0.1) is 21.4 Å². The quantitative estimate of drug-likeness (QED) is 0.313. The number of anilines is 1. The molecule has 0 saturated carbocycles. The molecule has 0 aromatic heterocycles. The summed E-state index contributed by atoms with van der Waals surface area (Å²) in [6.45, 7) is 1.08. The molecular formula is C20H19N5O5S. The van der Waals surface area contributed by atoms with Gasteiger partial charge < -0.3 is 10.2 Å². The predicted octanol–water partition coefficient (Wildman–Crippen LogP) is 1.95. The van der Waals surface area contributed by atoms with Gasteiger partial charge in [0.05, 0.1) is 9.82 Å². The van der Waals surface area contributed by atoms with Crippen LogP contribution in [-0.2, 0) is 14.8 Å². The normalized spacial score (nSPS) is 15.2. The summed E-state index contributed by atoms with van der Waals surface area (Å²) >= 11 is 0. The van der Waals surface area contributed by atoms with E-state index in [0.717, 1.165) is 0 Å². The number of nitriles is 1. The van der Waals surface area contributed by atoms with Crippen molar-refractivity contribution in [2.45, 2.75) is 4.90 Å². The van der Waals surface area contributed by atoms with Gasteiger partial charge >= 0.3 is 0 Å². The first-order valence-corrected chi connectivity index (χ1v) is 10.7. The van der Waals surface area contributed by atoms with Crippen molar-refractivity contribution in [1.29, 1.82) is 5.26 Å². The molecule has 31 heavy (non-hydrogen) atoms. The number of nitro groups is 1. The largest absolute Gasteiger partial charge is 0.373 e. The molecule has 3 rings (SSSR count). The molecule has 11 heteroatoms. The molecular weight excluding hydrogens is 422 g/mol. The zero-order chi connectivity index (χ0) is 22.4. The monoisotopic (exact) mass is 441 g/mol. The number of benzene rings is 2. The highest BCUT2D eigenvalue weighted by Gasteiger charge is 2.28. The Balaban J connectivity index is 1.62. The van der Waals surface area contributed by atoms with Gasteiger partial charge in [-0.2, -0.15) is 9.57 Å². The minimum Gasteiger partial charge on any atom is -0.373 e. The number of hydrogen-bond donors (Lipinski definition) is 1. The van der Waals surface area contributed by atoms with Gasteiger partial charge in [-0.05, 0) is 24.3 Å². The minimum absolute atomic E-state index is 0.114. The summed E-state index contributed by atoms with van der Waals surface area (Å²) in [5.41, 5.74) is 0.0469. The number of piperazine rings is 1. The Morgan fingerprint density at radius 2 is 1.68 bits per heavy atom. The molecule has 2 aromatic rings. The van der Waals surface area contributed by atoms with Crippen LogP contribution in [0.15, 0.2) is 71.3 Å². The Bertz CT molecular complexity index is 1130. The molecule has 0 radical (unpaired) electrons. The van der Waals surface area contributed by atoms with Crippen molar-refractivity contribution in [3.05, 3.63) is 76.5 Å².